The number of nitrogens with zero attached hydrogens (tertiary/aromatic N) is 9. The zero-order valence-corrected chi connectivity index (χ0v) is 25.1. The van der Waals surface area contributed by atoms with E-state index in [9.17, 15) is 31.9 Å². The van der Waals surface area contributed by atoms with Crippen molar-refractivity contribution in [2.75, 3.05) is 31.1 Å². The Hall–Kier alpha value is -4.96. The van der Waals surface area contributed by atoms with Gasteiger partial charge in [-0.3, -0.25) is 4.90 Å². The maximum absolute atomic E-state index is 15.0. The smallest absolute Gasteiger partial charge is 0.381 e. The second-order valence-electron chi connectivity index (χ2n) is 11.4. The number of anilines is 1. The minimum absolute atomic E-state index is 0.0000565. The second-order valence-corrected chi connectivity index (χ2v) is 11.4. The summed E-state index contributed by atoms with van der Waals surface area (Å²) in [6, 6.07) is 10.6. The van der Waals surface area contributed by atoms with Crippen molar-refractivity contribution in [3.63, 3.8) is 0 Å². The third-order valence-electron chi connectivity index (χ3n) is 8.50. The van der Waals surface area contributed by atoms with Gasteiger partial charge in [0.1, 0.15) is 42.0 Å². The summed E-state index contributed by atoms with van der Waals surface area (Å²) in [6.45, 7) is 3.77. The van der Waals surface area contributed by atoms with Crippen LogP contribution in [0.25, 0.3) is 5.69 Å². The van der Waals surface area contributed by atoms with Gasteiger partial charge in [0.15, 0.2) is 0 Å². The lowest BCUT2D eigenvalue weighted by atomic mass is 9.85. The third kappa shape index (κ3) is 6.64. The van der Waals surface area contributed by atoms with Crippen molar-refractivity contribution in [1.29, 1.82) is 0 Å². The molecule has 4 heterocycles. The first kappa shape index (κ1) is 32.0. The molecule has 2 aromatic carbocycles. The fraction of sp³-hybridized carbons (Fsp3) is 0.323. The van der Waals surface area contributed by atoms with Gasteiger partial charge < -0.3 is 10.0 Å². The molecule has 0 saturated carbocycles. The molecule has 1 fully saturated rings. The highest BCUT2D eigenvalue weighted by molar-refractivity contribution is 5.43. The van der Waals surface area contributed by atoms with Crippen molar-refractivity contribution in [2.45, 2.75) is 37.8 Å². The topological polar surface area (TPSA) is 110 Å². The Bertz CT molecular complexity index is 1870. The summed E-state index contributed by atoms with van der Waals surface area (Å²) in [6.07, 6.45) is 1.15. The van der Waals surface area contributed by atoms with E-state index in [0.717, 1.165) is 28.9 Å². The normalized spacial score (nSPS) is 16.3. The van der Waals surface area contributed by atoms with Gasteiger partial charge in [0.05, 0.1) is 30.5 Å². The highest BCUT2D eigenvalue weighted by Crippen LogP contribution is 2.33. The standard InChI is InChI=1S/C31H30F5N9O2/c1-21(30(47,17-43-19-37-18-39-43)26-8-6-24(32)14-27(26)33)41-10-12-42(13-11-41)28-9-7-25(15-38-28)44-20-40-45(29(44)46)16-22-2-4-23(5-3-22)31(34,35)36/h2-9,14-15,18-21,47H,10-13,16-17H2,1H3/t21-,30-/m1/s1. The number of benzene rings is 2. The van der Waals surface area contributed by atoms with Crippen molar-refractivity contribution in [1.82, 2.24) is 39.0 Å². The second kappa shape index (κ2) is 12.7. The summed E-state index contributed by atoms with van der Waals surface area (Å²) in [5.41, 5.74) is -2.09. The number of rotatable bonds is 9. The summed E-state index contributed by atoms with van der Waals surface area (Å²) in [7, 11) is 0. The largest absolute Gasteiger partial charge is 0.416 e. The van der Waals surface area contributed by atoms with E-state index >= 15 is 0 Å². The molecule has 3 aromatic heterocycles. The van der Waals surface area contributed by atoms with Crippen LogP contribution in [0.5, 0.6) is 0 Å². The third-order valence-corrected chi connectivity index (χ3v) is 8.50. The molecule has 0 radical (unpaired) electrons. The van der Waals surface area contributed by atoms with Gasteiger partial charge in [0, 0.05) is 43.9 Å². The molecule has 1 aliphatic rings. The molecule has 5 aromatic rings. The predicted molar refractivity (Wildman–Crippen MR) is 160 cm³/mol. The molecule has 1 saturated heterocycles. The molecule has 0 amide bonds. The van der Waals surface area contributed by atoms with Crippen LogP contribution in [0.15, 0.2) is 84.6 Å². The quantitative estimate of drug-likeness (QED) is 0.241. The van der Waals surface area contributed by atoms with E-state index in [0.29, 0.717) is 43.2 Å². The molecular formula is C31H30F5N9O2. The van der Waals surface area contributed by atoms with Crippen molar-refractivity contribution in [2.24, 2.45) is 0 Å². The molecule has 0 spiro atoms. The Kier molecular flexibility index (Phi) is 8.63. The number of hydrogen-bond acceptors (Lipinski definition) is 8. The molecule has 16 heteroatoms. The lowest BCUT2D eigenvalue weighted by Crippen LogP contribution is -2.57. The number of pyridine rings is 1. The SMILES string of the molecule is C[C@@H](N1CCN(c2ccc(-n3cnn(Cc4ccc(C(F)(F)F)cc4)c3=O)cn2)CC1)[C@](O)(Cn1cncn1)c1ccc(F)cc1F. The molecule has 47 heavy (non-hydrogen) atoms. The number of piperazine rings is 1. The first-order valence-electron chi connectivity index (χ1n) is 14.7. The molecule has 1 aliphatic heterocycles. The van der Waals surface area contributed by atoms with Crippen molar-refractivity contribution in [3.05, 3.63) is 119 Å². The van der Waals surface area contributed by atoms with Crippen LogP contribution in [-0.4, -0.2) is 76.3 Å². The van der Waals surface area contributed by atoms with Crippen LogP contribution in [0.2, 0.25) is 0 Å². The van der Waals surface area contributed by atoms with Crippen molar-refractivity contribution < 1.29 is 27.1 Å². The van der Waals surface area contributed by atoms with Crippen LogP contribution in [0.4, 0.5) is 27.8 Å². The maximum atomic E-state index is 15.0. The van der Waals surface area contributed by atoms with E-state index in [1.165, 1.54) is 52.6 Å². The Morgan fingerprint density at radius 3 is 2.30 bits per heavy atom. The fourth-order valence-corrected chi connectivity index (χ4v) is 5.79. The number of halogens is 5. The Labute approximate surface area is 265 Å². The van der Waals surface area contributed by atoms with Crippen LogP contribution >= 0.6 is 0 Å². The highest BCUT2D eigenvalue weighted by Gasteiger charge is 2.42. The summed E-state index contributed by atoms with van der Waals surface area (Å²) >= 11 is 0. The zero-order chi connectivity index (χ0) is 33.3. The van der Waals surface area contributed by atoms with Gasteiger partial charge in [-0.05, 0) is 42.8 Å². The molecule has 11 nitrogen and oxygen atoms in total. The van der Waals surface area contributed by atoms with Crippen LogP contribution in [0.1, 0.15) is 23.6 Å². The summed E-state index contributed by atoms with van der Waals surface area (Å²) in [5.74, 6) is -0.939. The van der Waals surface area contributed by atoms with Gasteiger partial charge in [0.25, 0.3) is 0 Å². The number of alkyl halides is 3. The van der Waals surface area contributed by atoms with Crippen molar-refractivity contribution in [3.8, 4) is 5.69 Å². The van der Waals surface area contributed by atoms with Crippen molar-refractivity contribution >= 4 is 5.82 Å². The molecule has 246 valence electrons. The lowest BCUT2D eigenvalue weighted by Gasteiger charge is -2.45. The van der Waals surface area contributed by atoms with Crippen LogP contribution < -0.4 is 10.6 Å². The van der Waals surface area contributed by atoms with E-state index in [4.69, 9.17) is 0 Å². The van der Waals surface area contributed by atoms with Crippen LogP contribution in [0.3, 0.4) is 0 Å². The van der Waals surface area contributed by atoms with E-state index in [-0.39, 0.29) is 18.7 Å². The number of aromatic nitrogens is 7. The zero-order valence-electron chi connectivity index (χ0n) is 25.1. The predicted octanol–water partition coefficient (Wildman–Crippen LogP) is 3.46. The Morgan fingerprint density at radius 1 is 0.936 bits per heavy atom. The van der Waals surface area contributed by atoms with Gasteiger partial charge in [-0.25, -0.2) is 37.5 Å². The summed E-state index contributed by atoms with van der Waals surface area (Å²) in [5, 5.41) is 20.1. The maximum Gasteiger partial charge on any atom is 0.416 e. The average molecular weight is 656 g/mol. The first-order valence-corrected chi connectivity index (χ1v) is 14.7. The number of aliphatic hydroxyl groups is 1. The fourth-order valence-electron chi connectivity index (χ4n) is 5.79. The molecule has 0 aliphatic carbocycles. The van der Waals surface area contributed by atoms with Gasteiger partial charge in [0.2, 0.25) is 0 Å². The Balaban J connectivity index is 1.12. The van der Waals surface area contributed by atoms with Gasteiger partial charge >= 0.3 is 11.9 Å². The van der Waals surface area contributed by atoms with Crippen LogP contribution in [0, 0.1) is 11.6 Å². The van der Waals surface area contributed by atoms with E-state index in [1.807, 2.05) is 9.80 Å². The Morgan fingerprint density at radius 2 is 1.68 bits per heavy atom. The summed E-state index contributed by atoms with van der Waals surface area (Å²) < 4.78 is 71.1. The number of hydrogen-bond donors (Lipinski definition) is 1. The molecule has 0 unspecified atom stereocenters. The van der Waals surface area contributed by atoms with Gasteiger partial charge in [-0.1, -0.05) is 18.2 Å². The van der Waals surface area contributed by atoms with Crippen LogP contribution in [-0.2, 0) is 24.9 Å². The monoisotopic (exact) mass is 655 g/mol. The minimum atomic E-state index is -4.45. The lowest BCUT2D eigenvalue weighted by molar-refractivity contribution is -0.137. The van der Waals surface area contributed by atoms with E-state index in [2.05, 4.69) is 20.2 Å². The van der Waals surface area contributed by atoms with Gasteiger partial charge in [-0.15, -0.1) is 0 Å². The van der Waals surface area contributed by atoms with E-state index in [1.54, 1.807) is 19.1 Å². The summed E-state index contributed by atoms with van der Waals surface area (Å²) in [4.78, 5) is 25.5. The first-order chi connectivity index (χ1) is 22.4. The molecule has 6 rings (SSSR count). The molecule has 1 N–H and O–H groups in total. The molecule has 2 atom stereocenters. The molecule has 0 bridgehead atoms. The minimum Gasteiger partial charge on any atom is -0.381 e. The molecular weight excluding hydrogens is 625 g/mol. The highest BCUT2D eigenvalue weighted by atomic mass is 19.4. The van der Waals surface area contributed by atoms with E-state index < -0.39 is 40.7 Å². The average Bonchev–Trinajstić information content (AvgIpc) is 3.70. The van der Waals surface area contributed by atoms with Gasteiger partial charge in [-0.2, -0.15) is 23.4 Å².